The Morgan fingerprint density at radius 2 is 2.27 bits per heavy atom. The van der Waals surface area contributed by atoms with E-state index in [9.17, 15) is 8.42 Å². The van der Waals surface area contributed by atoms with Crippen LogP contribution < -0.4 is 5.32 Å². The molecule has 0 aliphatic carbocycles. The lowest BCUT2D eigenvalue weighted by atomic mass is 10.3. The average molecular weight is 199 g/mol. The van der Waals surface area contributed by atoms with E-state index in [1.807, 2.05) is 6.92 Å². The van der Waals surface area contributed by atoms with Gasteiger partial charge in [0.2, 0.25) is 0 Å². The van der Waals surface area contributed by atoms with Crippen molar-refractivity contribution in [2.24, 2.45) is 0 Å². The van der Waals surface area contributed by atoms with Gasteiger partial charge in [-0.3, -0.25) is 0 Å². The Morgan fingerprint density at radius 3 is 2.64 bits per heavy atom. The molecule has 4 nitrogen and oxygen atoms in total. The number of hydrogen-bond acceptors (Lipinski definition) is 3. The Balaban J connectivity index is 2.60. The maximum Gasteiger partial charge on any atom is 0.299 e. The van der Waals surface area contributed by atoms with Crippen molar-refractivity contribution in [2.75, 3.05) is 19.6 Å². The van der Waals surface area contributed by atoms with Crippen molar-refractivity contribution in [1.82, 2.24) is 9.62 Å². The molecule has 1 unspecified atom stereocenters. The summed E-state index contributed by atoms with van der Waals surface area (Å²) in [5.74, 6) is 0. The van der Waals surface area contributed by atoms with E-state index in [4.69, 9.17) is 10.7 Å². The Hall–Kier alpha value is 0.160. The highest BCUT2D eigenvalue weighted by Gasteiger charge is 2.24. The van der Waals surface area contributed by atoms with E-state index in [-0.39, 0.29) is 6.04 Å². The Labute approximate surface area is 71.1 Å². The van der Waals surface area contributed by atoms with Crippen LogP contribution in [0.2, 0.25) is 0 Å². The minimum atomic E-state index is -3.49. The van der Waals surface area contributed by atoms with E-state index in [1.54, 1.807) is 0 Å². The van der Waals surface area contributed by atoms with Crippen molar-refractivity contribution in [1.29, 1.82) is 0 Å². The van der Waals surface area contributed by atoms with Crippen molar-refractivity contribution in [2.45, 2.75) is 13.0 Å². The summed E-state index contributed by atoms with van der Waals surface area (Å²) in [4.78, 5) is 0. The topological polar surface area (TPSA) is 49.4 Å². The van der Waals surface area contributed by atoms with Crippen LogP contribution in [-0.2, 0) is 9.24 Å². The predicted molar refractivity (Wildman–Crippen MR) is 43.8 cm³/mol. The summed E-state index contributed by atoms with van der Waals surface area (Å²) >= 11 is 0. The van der Waals surface area contributed by atoms with E-state index in [1.165, 1.54) is 4.31 Å². The van der Waals surface area contributed by atoms with Gasteiger partial charge in [0.05, 0.1) is 0 Å². The second-order valence-electron chi connectivity index (χ2n) is 2.66. The second-order valence-corrected chi connectivity index (χ2v) is 5.17. The zero-order valence-corrected chi connectivity index (χ0v) is 7.82. The third kappa shape index (κ3) is 2.59. The molecule has 1 N–H and O–H groups in total. The SMILES string of the molecule is CC1CN(S(=O)(=O)Cl)CCN1. The lowest BCUT2D eigenvalue weighted by Crippen LogP contribution is -2.50. The fraction of sp³-hybridized carbons (Fsp3) is 1.00. The van der Waals surface area contributed by atoms with Gasteiger partial charge in [-0.05, 0) is 6.92 Å². The van der Waals surface area contributed by atoms with Gasteiger partial charge >= 0.3 is 0 Å². The zero-order valence-electron chi connectivity index (χ0n) is 6.25. The van der Waals surface area contributed by atoms with Gasteiger partial charge in [0, 0.05) is 36.4 Å². The Bertz CT molecular complexity index is 229. The van der Waals surface area contributed by atoms with E-state index in [2.05, 4.69) is 5.32 Å². The largest absolute Gasteiger partial charge is 0.312 e. The molecule has 1 aliphatic heterocycles. The first-order valence-electron chi connectivity index (χ1n) is 3.43. The Morgan fingerprint density at radius 1 is 1.64 bits per heavy atom. The van der Waals surface area contributed by atoms with Crippen LogP contribution in [0.5, 0.6) is 0 Å². The van der Waals surface area contributed by atoms with Crippen LogP contribution in [0.1, 0.15) is 6.92 Å². The molecule has 0 aromatic rings. The van der Waals surface area contributed by atoms with E-state index >= 15 is 0 Å². The maximum absolute atomic E-state index is 10.8. The molecular weight excluding hydrogens is 188 g/mol. The smallest absolute Gasteiger partial charge is 0.299 e. The standard InChI is InChI=1S/C5H11ClN2O2S/c1-5-4-8(3-2-7-5)11(6,9)10/h5,7H,2-4H2,1H3. The van der Waals surface area contributed by atoms with Gasteiger partial charge in [-0.1, -0.05) is 0 Å². The number of nitrogens with one attached hydrogen (secondary N) is 1. The third-order valence-corrected chi connectivity index (χ3v) is 3.17. The zero-order chi connectivity index (χ0) is 8.48. The molecule has 11 heavy (non-hydrogen) atoms. The van der Waals surface area contributed by atoms with Gasteiger partial charge in [-0.25, -0.2) is 0 Å². The number of hydrogen-bond donors (Lipinski definition) is 1. The van der Waals surface area contributed by atoms with E-state index in [0.29, 0.717) is 19.6 Å². The lowest BCUT2D eigenvalue weighted by Gasteiger charge is -2.28. The molecule has 0 radical (unpaired) electrons. The van der Waals surface area contributed by atoms with Gasteiger partial charge in [0.25, 0.3) is 9.24 Å². The molecular formula is C5H11ClN2O2S. The van der Waals surface area contributed by atoms with Gasteiger partial charge < -0.3 is 5.32 Å². The first-order chi connectivity index (χ1) is 5.00. The van der Waals surface area contributed by atoms with Gasteiger partial charge in [-0.2, -0.15) is 12.7 Å². The summed E-state index contributed by atoms with van der Waals surface area (Å²) < 4.78 is 22.9. The summed E-state index contributed by atoms with van der Waals surface area (Å²) in [7, 11) is 1.65. The summed E-state index contributed by atoms with van der Waals surface area (Å²) in [6.07, 6.45) is 0. The fourth-order valence-corrected chi connectivity index (χ4v) is 2.18. The molecule has 0 spiro atoms. The van der Waals surface area contributed by atoms with Crippen LogP contribution in [0.4, 0.5) is 0 Å². The molecule has 0 saturated carbocycles. The second kappa shape index (κ2) is 3.26. The van der Waals surface area contributed by atoms with Crippen LogP contribution >= 0.6 is 10.7 Å². The van der Waals surface area contributed by atoms with Crippen molar-refractivity contribution in [3.63, 3.8) is 0 Å². The normalized spacial score (nSPS) is 28.7. The monoisotopic (exact) mass is 198 g/mol. The number of nitrogens with zero attached hydrogens (tertiary/aromatic N) is 1. The molecule has 1 rings (SSSR count). The number of piperazine rings is 1. The highest BCUT2D eigenvalue weighted by molar-refractivity contribution is 8.11. The number of halogens is 1. The molecule has 0 amide bonds. The number of rotatable bonds is 1. The molecule has 1 heterocycles. The van der Waals surface area contributed by atoms with Crippen LogP contribution in [-0.4, -0.2) is 38.4 Å². The van der Waals surface area contributed by atoms with Crippen molar-refractivity contribution in [3.05, 3.63) is 0 Å². The van der Waals surface area contributed by atoms with Crippen LogP contribution in [0, 0.1) is 0 Å². The molecule has 0 aromatic carbocycles. The first kappa shape index (κ1) is 9.25. The molecule has 1 fully saturated rings. The highest BCUT2D eigenvalue weighted by atomic mass is 35.7. The molecule has 1 aliphatic rings. The first-order valence-corrected chi connectivity index (χ1v) is 5.70. The molecule has 0 aromatic heterocycles. The molecule has 66 valence electrons. The Kier molecular flexibility index (Phi) is 2.74. The lowest BCUT2D eigenvalue weighted by molar-refractivity contribution is 0.315. The van der Waals surface area contributed by atoms with Crippen molar-refractivity contribution >= 4 is 19.9 Å². The third-order valence-electron chi connectivity index (χ3n) is 1.64. The molecule has 0 bridgehead atoms. The van der Waals surface area contributed by atoms with Crippen LogP contribution in [0.25, 0.3) is 0 Å². The highest BCUT2D eigenvalue weighted by Crippen LogP contribution is 2.08. The maximum atomic E-state index is 10.8. The summed E-state index contributed by atoms with van der Waals surface area (Å²) in [6.45, 7) is 3.53. The minimum absolute atomic E-state index is 0.192. The molecule has 1 saturated heterocycles. The summed E-state index contributed by atoms with van der Waals surface area (Å²) in [5, 5.41) is 3.12. The average Bonchev–Trinajstić information content (AvgIpc) is 1.86. The quantitative estimate of drug-likeness (QED) is 0.592. The van der Waals surface area contributed by atoms with Gasteiger partial charge in [-0.15, -0.1) is 0 Å². The van der Waals surface area contributed by atoms with Crippen molar-refractivity contribution in [3.8, 4) is 0 Å². The van der Waals surface area contributed by atoms with Crippen molar-refractivity contribution < 1.29 is 8.42 Å². The van der Waals surface area contributed by atoms with Crippen LogP contribution in [0.3, 0.4) is 0 Å². The summed E-state index contributed by atoms with van der Waals surface area (Å²) in [6, 6.07) is 0.192. The van der Waals surface area contributed by atoms with Gasteiger partial charge in [0.1, 0.15) is 0 Å². The van der Waals surface area contributed by atoms with E-state index < -0.39 is 9.24 Å². The van der Waals surface area contributed by atoms with Crippen LogP contribution in [0.15, 0.2) is 0 Å². The van der Waals surface area contributed by atoms with Gasteiger partial charge in [0.15, 0.2) is 0 Å². The predicted octanol–water partition coefficient (Wildman–Crippen LogP) is -0.236. The molecule has 1 atom stereocenters. The molecule has 6 heteroatoms. The van der Waals surface area contributed by atoms with E-state index in [0.717, 1.165) is 0 Å². The fourth-order valence-electron chi connectivity index (χ4n) is 1.10. The minimum Gasteiger partial charge on any atom is -0.312 e. The summed E-state index contributed by atoms with van der Waals surface area (Å²) in [5.41, 5.74) is 0.